The highest BCUT2D eigenvalue weighted by atomic mass is 32.2. The van der Waals surface area contributed by atoms with Crippen LogP contribution in [0.3, 0.4) is 0 Å². The summed E-state index contributed by atoms with van der Waals surface area (Å²) >= 11 is 1.07. The van der Waals surface area contributed by atoms with Crippen molar-refractivity contribution in [2.24, 2.45) is 0 Å². The summed E-state index contributed by atoms with van der Waals surface area (Å²) in [6.07, 6.45) is 1.19. The first-order valence-corrected chi connectivity index (χ1v) is 8.09. The van der Waals surface area contributed by atoms with Gasteiger partial charge in [0.2, 0.25) is 11.6 Å². The summed E-state index contributed by atoms with van der Waals surface area (Å²) in [5.74, 6) is -1.16. The van der Waals surface area contributed by atoms with E-state index in [9.17, 15) is 14.4 Å². The van der Waals surface area contributed by atoms with Gasteiger partial charge in [-0.2, -0.15) is 5.10 Å². The van der Waals surface area contributed by atoms with Crippen LogP contribution in [0.2, 0.25) is 0 Å². The molecule has 0 atom stereocenters. The van der Waals surface area contributed by atoms with Crippen LogP contribution in [-0.4, -0.2) is 45.1 Å². The summed E-state index contributed by atoms with van der Waals surface area (Å²) in [4.78, 5) is 37.2. The van der Waals surface area contributed by atoms with Crippen LogP contribution >= 0.6 is 11.8 Å². The SMILES string of the molecule is O=C1C=C(SCCO)C(=O)c2c1n[nH]c2C(=O)Nc1ccccc1. The van der Waals surface area contributed by atoms with Gasteiger partial charge >= 0.3 is 0 Å². The lowest BCUT2D eigenvalue weighted by Crippen LogP contribution is -2.20. The van der Waals surface area contributed by atoms with Crippen molar-refractivity contribution in [3.05, 3.63) is 58.3 Å². The monoisotopic (exact) mass is 343 g/mol. The average Bonchev–Trinajstić information content (AvgIpc) is 3.04. The molecule has 0 bridgehead atoms. The number of hydrogen-bond acceptors (Lipinski definition) is 6. The number of benzene rings is 1. The Bertz CT molecular complexity index is 842. The third kappa shape index (κ3) is 3.01. The van der Waals surface area contributed by atoms with Crippen LogP contribution in [0.5, 0.6) is 0 Å². The molecule has 122 valence electrons. The van der Waals surface area contributed by atoms with E-state index in [1.165, 1.54) is 6.08 Å². The number of nitrogens with one attached hydrogen (secondary N) is 2. The molecule has 1 aliphatic rings. The molecule has 8 heteroatoms. The minimum Gasteiger partial charge on any atom is -0.396 e. The second kappa shape index (κ2) is 6.81. The molecule has 1 amide bonds. The van der Waals surface area contributed by atoms with Crippen LogP contribution in [0.1, 0.15) is 31.3 Å². The van der Waals surface area contributed by atoms with Gasteiger partial charge in [0.1, 0.15) is 11.4 Å². The molecule has 24 heavy (non-hydrogen) atoms. The van der Waals surface area contributed by atoms with Crippen LogP contribution in [0.25, 0.3) is 0 Å². The molecule has 0 fully saturated rings. The highest BCUT2D eigenvalue weighted by Gasteiger charge is 2.33. The van der Waals surface area contributed by atoms with Crippen LogP contribution < -0.4 is 5.32 Å². The maximum Gasteiger partial charge on any atom is 0.274 e. The van der Waals surface area contributed by atoms with E-state index >= 15 is 0 Å². The first-order valence-electron chi connectivity index (χ1n) is 7.11. The fourth-order valence-corrected chi connectivity index (χ4v) is 2.99. The molecule has 7 nitrogen and oxygen atoms in total. The van der Waals surface area contributed by atoms with Gasteiger partial charge in [0.15, 0.2) is 0 Å². The van der Waals surface area contributed by atoms with Crippen molar-refractivity contribution in [3.63, 3.8) is 0 Å². The zero-order chi connectivity index (χ0) is 17.1. The highest BCUT2D eigenvalue weighted by molar-refractivity contribution is 8.04. The Morgan fingerprint density at radius 2 is 2.00 bits per heavy atom. The van der Waals surface area contributed by atoms with Crippen LogP contribution in [0.15, 0.2) is 41.3 Å². The number of amides is 1. The number of carbonyl (C=O) groups excluding carboxylic acids is 3. The largest absolute Gasteiger partial charge is 0.396 e. The number of aliphatic hydroxyl groups is 1. The number of rotatable bonds is 5. The van der Waals surface area contributed by atoms with E-state index in [1.807, 2.05) is 6.07 Å². The predicted octanol–water partition coefficient (Wildman–Crippen LogP) is 1.65. The number of anilines is 1. The van der Waals surface area contributed by atoms with E-state index < -0.39 is 17.5 Å². The minimum atomic E-state index is -0.551. The van der Waals surface area contributed by atoms with Gasteiger partial charge in [-0.15, -0.1) is 11.8 Å². The first-order chi connectivity index (χ1) is 11.6. The summed E-state index contributed by atoms with van der Waals surface area (Å²) in [6.45, 7) is -0.122. The predicted molar refractivity (Wildman–Crippen MR) is 89.3 cm³/mol. The Labute approximate surface area is 141 Å². The number of para-hydroxylation sites is 1. The molecule has 0 aliphatic heterocycles. The van der Waals surface area contributed by atoms with E-state index in [0.29, 0.717) is 5.69 Å². The third-order valence-corrected chi connectivity index (χ3v) is 4.32. The molecule has 0 saturated heterocycles. The molecule has 1 aromatic heterocycles. The summed E-state index contributed by atoms with van der Waals surface area (Å²) in [6, 6.07) is 8.75. The molecule has 1 aliphatic carbocycles. The minimum absolute atomic E-state index is 0.0311. The van der Waals surface area contributed by atoms with Gasteiger partial charge in [-0.25, -0.2) is 0 Å². The molecular formula is C16H13N3O4S. The second-order valence-corrected chi connectivity index (χ2v) is 6.05. The van der Waals surface area contributed by atoms with Gasteiger partial charge in [-0.05, 0) is 12.1 Å². The molecule has 0 saturated carbocycles. The number of ketones is 2. The van der Waals surface area contributed by atoms with Crippen LogP contribution in [0, 0.1) is 0 Å². The molecule has 0 radical (unpaired) electrons. The standard InChI is InChI=1S/C16H13N3O4S/c20-6-7-24-11-8-10(21)13-12(15(11)22)14(19-18-13)16(23)17-9-4-2-1-3-5-9/h1-5,8,20H,6-7H2,(H,17,23)(H,18,19). The summed E-state index contributed by atoms with van der Waals surface area (Å²) in [7, 11) is 0. The van der Waals surface area contributed by atoms with Gasteiger partial charge in [0.25, 0.3) is 5.91 Å². The number of aromatic amines is 1. The number of aromatic nitrogens is 2. The normalized spacial score (nSPS) is 13.5. The quantitative estimate of drug-likeness (QED) is 0.761. The number of carbonyl (C=O) groups is 3. The number of thioether (sulfide) groups is 1. The van der Waals surface area contributed by atoms with Crippen molar-refractivity contribution >= 4 is 34.9 Å². The van der Waals surface area contributed by atoms with E-state index in [-0.39, 0.29) is 34.2 Å². The second-order valence-electron chi connectivity index (χ2n) is 4.92. The highest BCUT2D eigenvalue weighted by Crippen LogP contribution is 2.29. The van der Waals surface area contributed by atoms with Crippen LogP contribution in [0.4, 0.5) is 5.69 Å². The maximum absolute atomic E-state index is 12.5. The lowest BCUT2D eigenvalue weighted by atomic mass is 9.99. The fraction of sp³-hybridized carbons (Fsp3) is 0.125. The Hall–Kier alpha value is -2.71. The molecule has 1 heterocycles. The molecule has 1 aromatic carbocycles. The number of H-pyrrole nitrogens is 1. The number of allylic oxidation sites excluding steroid dienone is 2. The van der Waals surface area contributed by atoms with Crippen molar-refractivity contribution in [2.75, 3.05) is 17.7 Å². The van der Waals surface area contributed by atoms with Crippen molar-refractivity contribution in [1.29, 1.82) is 0 Å². The number of Topliss-reactive ketones (excluding diaryl/α,β-unsaturated/α-hetero) is 1. The molecule has 3 N–H and O–H groups in total. The fourth-order valence-electron chi connectivity index (χ4n) is 2.26. The zero-order valence-electron chi connectivity index (χ0n) is 12.4. The number of hydrogen-bond donors (Lipinski definition) is 3. The van der Waals surface area contributed by atoms with Gasteiger partial charge < -0.3 is 10.4 Å². The van der Waals surface area contributed by atoms with E-state index in [0.717, 1.165) is 11.8 Å². The number of nitrogens with zero attached hydrogens (tertiary/aromatic N) is 1. The first kappa shape index (κ1) is 16.2. The van der Waals surface area contributed by atoms with Gasteiger partial charge in [0.05, 0.1) is 17.1 Å². The zero-order valence-corrected chi connectivity index (χ0v) is 13.2. The summed E-state index contributed by atoms with van der Waals surface area (Å²) in [5.41, 5.74) is 0.413. The molecule has 0 spiro atoms. The molecular weight excluding hydrogens is 330 g/mol. The third-order valence-electron chi connectivity index (χ3n) is 3.32. The van der Waals surface area contributed by atoms with Crippen molar-refractivity contribution in [2.45, 2.75) is 0 Å². The Morgan fingerprint density at radius 1 is 1.25 bits per heavy atom. The van der Waals surface area contributed by atoms with E-state index in [1.54, 1.807) is 24.3 Å². The van der Waals surface area contributed by atoms with Gasteiger partial charge in [-0.3, -0.25) is 19.5 Å². The van der Waals surface area contributed by atoms with E-state index in [4.69, 9.17) is 5.11 Å². The summed E-state index contributed by atoms with van der Waals surface area (Å²) < 4.78 is 0. The van der Waals surface area contributed by atoms with Crippen molar-refractivity contribution < 1.29 is 19.5 Å². The Kier molecular flexibility index (Phi) is 4.59. The topological polar surface area (TPSA) is 112 Å². The molecule has 0 unspecified atom stereocenters. The van der Waals surface area contributed by atoms with Crippen molar-refractivity contribution in [3.8, 4) is 0 Å². The van der Waals surface area contributed by atoms with Crippen molar-refractivity contribution in [1.82, 2.24) is 10.2 Å². The maximum atomic E-state index is 12.5. The Balaban J connectivity index is 1.90. The number of aliphatic hydroxyl groups excluding tert-OH is 1. The lowest BCUT2D eigenvalue weighted by Gasteiger charge is -2.11. The average molecular weight is 343 g/mol. The van der Waals surface area contributed by atoms with Gasteiger partial charge in [-0.1, -0.05) is 18.2 Å². The molecule has 3 rings (SSSR count). The lowest BCUT2D eigenvalue weighted by molar-refractivity contribution is 0.0979. The number of fused-ring (bicyclic) bond motifs is 1. The summed E-state index contributed by atoms with van der Waals surface area (Å²) in [5, 5.41) is 17.8. The Morgan fingerprint density at radius 3 is 2.71 bits per heavy atom. The van der Waals surface area contributed by atoms with E-state index in [2.05, 4.69) is 15.5 Å². The van der Waals surface area contributed by atoms with Gasteiger partial charge in [0, 0.05) is 17.5 Å². The van der Waals surface area contributed by atoms with Crippen LogP contribution in [-0.2, 0) is 0 Å². The molecule has 2 aromatic rings. The smallest absolute Gasteiger partial charge is 0.274 e.